The van der Waals surface area contributed by atoms with Crippen molar-refractivity contribution in [1.82, 2.24) is 10.6 Å². The number of nitrogens with one attached hydrogen (secondary N) is 2. The van der Waals surface area contributed by atoms with Crippen molar-refractivity contribution in [2.24, 2.45) is 0 Å². The molecule has 17 heavy (non-hydrogen) atoms. The first-order valence-electron chi connectivity index (χ1n) is 5.27. The molecule has 0 spiro atoms. The highest BCUT2D eigenvalue weighted by Crippen LogP contribution is 2.14. The quantitative estimate of drug-likeness (QED) is 0.743. The van der Waals surface area contributed by atoms with Gasteiger partial charge in [0.05, 0.1) is 6.54 Å². The van der Waals surface area contributed by atoms with Crippen molar-refractivity contribution in [3.05, 3.63) is 23.2 Å². The number of rotatable bonds is 4. The highest BCUT2D eigenvalue weighted by molar-refractivity contribution is 5.88. The zero-order valence-electron chi connectivity index (χ0n) is 10.0. The van der Waals surface area contributed by atoms with Crippen LogP contribution in [0.25, 0.3) is 0 Å². The first-order chi connectivity index (χ1) is 7.90. The molecule has 2 amide bonds. The molecular formula is C11H16N2O4. The fraction of sp³-hybridized carbons (Fsp3) is 0.455. The zero-order valence-corrected chi connectivity index (χ0v) is 10.0. The van der Waals surface area contributed by atoms with Crippen LogP contribution in [0.1, 0.15) is 35.7 Å². The molecule has 3 N–H and O–H groups in total. The number of carboxylic acids is 1. The van der Waals surface area contributed by atoms with E-state index in [-0.39, 0.29) is 24.2 Å². The Bertz CT molecular complexity index is 423. The van der Waals surface area contributed by atoms with Crippen molar-refractivity contribution in [2.75, 3.05) is 0 Å². The van der Waals surface area contributed by atoms with Gasteiger partial charge in [-0.05, 0) is 26.8 Å². The summed E-state index contributed by atoms with van der Waals surface area (Å²) in [6.45, 7) is 5.42. The lowest BCUT2D eigenvalue weighted by Crippen LogP contribution is -2.38. The number of hydrogen-bond donors (Lipinski definition) is 3. The van der Waals surface area contributed by atoms with E-state index in [1.807, 2.05) is 13.8 Å². The number of carboxylic acid groups (broad SMARTS) is 1. The minimum Gasteiger partial charge on any atom is -0.478 e. The van der Waals surface area contributed by atoms with E-state index in [1.54, 1.807) is 6.92 Å². The summed E-state index contributed by atoms with van der Waals surface area (Å²) in [6.07, 6.45) is 0. The molecule has 94 valence electrons. The summed E-state index contributed by atoms with van der Waals surface area (Å²) in [7, 11) is 0. The van der Waals surface area contributed by atoms with Gasteiger partial charge in [0.25, 0.3) is 0 Å². The fourth-order valence-corrected chi connectivity index (χ4v) is 1.32. The van der Waals surface area contributed by atoms with E-state index in [9.17, 15) is 9.59 Å². The summed E-state index contributed by atoms with van der Waals surface area (Å²) < 4.78 is 5.21. The third kappa shape index (κ3) is 3.82. The number of urea groups is 1. The average Bonchev–Trinajstić information content (AvgIpc) is 2.56. The van der Waals surface area contributed by atoms with Gasteiger partial charge < -0.3 is 20.2 Å². The van der Waals surface area contributed by atoms with Gasteiger partial charge in [0.1, 0.15) is 17.1 Å². The van der Waals surface area contributed by atoms with Gasteiger partial charge in [-0.1, -0.05) is 0 Å². The van der Waals surface area contributed by atoms with E-state index in [0.29, 0.717) is 11.5 Å². The molecule has 1 rings (SSSR count). The number of amides is 2. The molecule has 0 radical (unpaired) electrons. The van der Waals surface area contributed by atoms with Crippen LogP contribution in [0.5, 0.6) is 0 Å². The van der Waals surface area contributed by atoms with Crippen molar-refractivity contribution in [1.29, 1.82) is 0 Å². The first-order valence-corrected chi connectivity index (χ1v) is 5.27. The molecule has 0 saturated heterocycles. The van der Waals surface area contributed by atoms with Crippen LogP contribution in [0, 0.1) is 6.92 Å². The van der Waals surface area contributed by atoms with Gasteiger partial charge >= 0.3 is 12.0 Å². The molecule has 6 heteroatoms. The fourth-order valence-electron chi connectivity index (χ4n) is 1.32. The highest BCUT2D eigenvalue weighted by atomic mass is 16.4. The molecule has 0 unspecified atom stereocenters. The van der Waals surface area contributed by atoms with Gasteiger partial charge in [-0.2, -0.15) is 0 Å². The number of furan rings is 1. The molecule has 1 aromatic heterocycles. The van der Waals surface area contributed by atoms with Crippen molar-refractivity contribution in [3.63, 3.8) is 0 Å². The van der Waals surface area contributed by atoms with E-state index in [2.05, 4.69) is 10.6 Å². The molecule has 6 nitrogen and oxygen atoms in total. The monoisotopic (exact) mass is 240 g/mol. The van der Waals surface area contributed by atoms with Gasteiger partial charge in [0.15, 0.2) is 0 Å². The van der Waals surface area contributed by atoms with E-state index < -0.39 is 5.97 Å². The third-order valence-electron chi connectivity index (χ3n) is 2.04. The van der Waals surface area contributed by atoms with Crippen molar-refractivity contribution < 1.29 is 19.1 Å². The van der Waals surface area contributed by atoms with E-state index in [4.69, 9.17) is 9.52 Å². The molecule has 0 aliphatic rings. The van der Waals surface area contributed by atoms with Crippen LogP contribution in [-0.4, -0.2) is 23.1 Å². The molecule has 0 saturated carbocycles. The maximum Gasteiger partial charge on any atom is 0.339 e. The van der Waals surface area contributed by atoms with Crippen LogP contribution in [-0.2, 0) is 6.54 Å². The SMILES string of the molecule is Cc1oc(CNC(=O)NC(C)C)cc1C(=O)O. The van der Waals surface area contributed by atoms with Crippen LogP contribution in [0.4, 0.5) is 4.79 Å². The third-order valence-corrected chi connectivity index (χ3v) is 2.04. The maximum atomic E-state index is 11.3. The first kappa shape index (κ1) is 13.1. The van der Waals surface area contributed by atoms with Gasteiger partial charge in [0.2, 0.25) is 0 Å². The summed E-state index contributed by atoms with van der Waals surface area (Å²) >= 11 is 0. The minimum atomic E-state index is -1.04. The topological polar surface area (TPSA) is 91.6 Å². The van der Waals surface area contributed by atoms with Crippen LogP contribution in [0.15, 0.2) is 10.5 Å². The van der Waals surface area contributed by atoms with Crippen LogP contribution >= 0.6 is 0 Å². The molecule has 0 fully saturated rings. The molecular weight excluding hydrogens is 224 g/mol. The maximum absolute atomic E-state index is 11.3. The standard InChI is InChI=1S/C11H16N2O4/c1-6(2)13-11(16)12-5-8-4-9(10(14)15)7(3)17-8/h4,6H,5H2,1-3H3,(H,14,15)(H2,12,13,16). The molecule has 0 aromatic carbocycles. The second kappa shape index (κ2) is 5.38. The lowest BCUT2D eigenvalue weighted by Gasteiger charge is -2.08. The molecule has 1 heterocycles. The van der Waals surface area contributed by atoms with Crippen molar-refractivity contribution >= 4 is 12.0 Å². The highest BCUT2D eigenvalue weighted by Gasteiger charge is 2.14. The Labute approximate surface area is 99.0 Å². The number of aromatic carboxylic acids is 1. The minimum absolute atomic E-state index is 0.0444. The van der Waals surface area contributed by atoms with Crippen LogP contribution < -0.4 is 10.6 Å². The molecule has 1 aromatic rings. The normalized spacial score (nSPS) is 10.4. The summed E-state index contributed by atoms with van der Waals surface area (Å²) in [6, 6.07) is 1.14. The van der Waals surface area contributed by atoms with Gasteiger partial charge in [-0.3, -0.25) is 0 Å². The molecule has 0 bridgehead atoms. The Morgan fingerprint density at radius 2 is 2.12 bits per heavy atom. The summed E-state index contributed by atoms with van der Waals surface area (Å²) in [5, 5.41) is 14.0. The number of carbonyl (C=O) groups excluding carboxylic acids is 1. The Kier molecular flexibility index (Phi) is 4.14. The smallest absolute Gasteiger partial charge is 0.339 e. The average molecular weight is 240 g/mol. The Morgan fingerprint density at radius 3 is 2.59 bits per heavy atom. The largest absolute Gasteiger partial charge is 0.478 e. The van der Waals surface area contributed by atoms with Crippen molar-refractivity contribution in [2.45, 2.75) is 33.4 Å². The second-order valence-corrected chi connectivity index (χ2v) is 3.97. The Hall–Kier alpha value is -1.98. The lowest BCUT2D eigenvalue weighted by atomic mass is 10.2. The van der Waals surface area contributed by atoms with Gasteiger partial charge in [-0.15, -0.1) is 0 Å². The summed E-state index contributed by atoms with van der Waals surface area (Å²) in [5.41, 5.74) is 0.117. The number of aryl methyl sites for hydroxylation is 1. The van der Waals surface area contributed by atoms with E-state index >= 15 is 0 Å². The predicted molar refractivity (Wildman–Crippen MR) is 60.9 cm³/mol. The zero-order chi connectivity index (χ0) is 13.0. The van der Waals surface area contributed by atoms with Crippen molar-refractivity contribution in [3.8, 4) is 0 Å². The Balaban J connectivity index is 2.55. The van der Waals surface area contributed by atoms with Gasteiger partial charge in [-0.25, -0.2) is 9.59 Å². The van der Waals surface area contributed by atoms with E-state index in [0.717, 1.165) is 0 Å². The summed E-state index contributed by atoms with van der Waals surface area (Å²) in [4.78, 5) is 22.0. The van der Waals surface area contributed by atoms with Crippen LogP contribution in [0.3, 0.4) is 0 Å². The Morgan fingerprint density at radius 1 is 1.47 bits per heavy atom. The molecule has 0 aliphatic heterocycles. The molecule has 0 aliphatic carbocycles. The number of carbonyl (C=O) groups is 2. The lowest BCUT2D eigenvalue weighted by molar-refractivity contribution is 0.0695. The second-order valence-electron chi connectivity index (χ2n) is 3.97. The number of hydrogen-bond acceptors (Lipinski definition) is 3. The molecule has 0 atom stereocenters. The summed E-state index contributed by atoms with van der Waals surface area (Å²) in [5.74, 6) is -0.290. The van der Waals surface area contributed by atoms with Crippen LogP contribution in [0.2, 0.25) is 0 Å². The predicted octanol–water partition coefficient (Wildman–Crippen LogP) is 1.49. The van der Waals surface area contributed by atoms with E-state index in [1.165, 1.54) is 6.07 Å². The van der Waals surface area contributed by atoms with Gasteiger partial charge in [0, 0.05) is 6.04 Å².